The van der Waals surface area contributed by atoms with Crippen LogP contribution in [0, 0.1) is 0 Å². The van der Waals surface area contributed by atoms with Crippen LogP contribution in [-0.2, 0) is 123 Å². The molecular formula is C41H54N2Na4O42S4. The second-order valence-corrected chi connectivity index (χ2v) is 21.9. The molecule has 6 rings (SSSR count). The number of aliphatic hydroxyl groups excluding tert-OH is 7. The van der Waals surface area contributed by atoms with Crippen molar-refractivity contribution in [1.29, 1.82) is 0 Å². The Balaban J connectivity index is 0.00000736. The number of aliphatic carboxylic acids is 3. The molecule has 0 saturated carbocycles. The molecule has 0 radical (unpaired) electrons. The summed E-state index contributed by atoms with van der Waals surface area (Å²) >= 11 is -0.844. The largest absolute Gasteiger partial charge is 1.00 e. The fraction of sp³-hybridized carbons (Fsp3) is 0.732. The van der Waals surface area contributed by atoms with E-state index in [1.54, 1.807) is 0 Å². The van der Waals surface area contributed by atoms with Gasteiger partial charge < -0.3 is 133 Å². The maximum Gasteiger partial charge on any atom is 1.00 e. The Morgan fingerprint density at radius 3 is 1.18 bits per heavy atom. The summed E-state index contributed by atoms with van der Waals surface area (Å²) in [5, 5.41) is 141. The predicted octanol–water partition coefficient (Wildman–Crippen LogP) is -22.7. The van der Waals surface area contributed by atoms with Gasteiger partial charge >= 0.3 is 136 Å². The third-order valence-electron chi connectivity index (χ3n) is 13.1. The first-order valence-corrected chi connectivity index (χ1v) is 28.8. The van der Waals surface area contributed by atoms with Crippen molar-refractivity contribution in [2.75, 3.05) is 20.3 Å². The summed E-state index contributed by atoms with van der Waals surface area (Å²) in [6, 6.07) is 0.936. The third kappa shape index (κ3) is 24.4. The molecule has 0 aromatic heterocycles. The molecule has 5 aliphatic heterocycles. The summed E-state index contributed by atoms with van der Waals surface area (Å²) < 4.78 is 160. The Hall–Kier alpha value is -0.350. The van der Waals surface area contributed by atoms with Gasteiger partial charge in [-0.2, -0.15) is 0 Å². The number of nitrogens with one attached hydrogen (secondary N) is 2. The van der Waals surface area contributed by atoms with E-state index in [2.05, 4.69) is 37.7 Å². The number of methoxy groups -OCH3 is 1. The minimum atomic E-state index is -5.77. The van der Waals surface area contributed by atoms with Crippen molar-refractivity contribution in [3.05, 3.63) is 24.3 Å². The van der Waals surface area contributed by atoms with Crippen molar-refractivity contribution in [3.8, 4) is 11.5 Å². The van der Waals surface area contributed by atoms with Crippen LogP contribution in [0.4, 0.5) is 0 Å². The number of ether oxygens (including phenoxy) is 11. The van der Waals surface area contributed by atoms with Crippen LogP contribution in [0.1, 0.15) is 13.8 Å². The molecule has 5 heterocycles. The molecule has 25 atom stereocenters. The summed E-state index contributed by atoms with van der Waals surface area (Å²) in [4.78, 5) is 64.1. The number of carboxylic acid groups (broad SMARTS) is 3. The van der Waals surface area contributed by atoms with E-state index in [4.69, 9.17) is 60.5 Å². The predicted molar refractivity (Wildman–Crippen MR) is 257 cm³/mol. The topological polar surface area (TPSA) is 648 Å². The second-order valence-electron chi connectivity index (χ2n) is 18.9. The fourth-order valence-corrected chi connectivity index (χ4v) is 10.6. The first-order chi connectivity index (χ1) is 41.8. The standard InChI is InChI=1S/C41H58N2O42S4.4Na/c1-10(44)42-16-27(73-40-22(50)18(46)19(47)31(77-40)34(53)54)25(80-86-84-82-59)14(8-68-88(61,62)63)71-37(16)76-30-21(49)24(52)41(79-33(30)36(57)58)74-28-17(43-11(2)45)38(72-15(9-69-89(64,65)66)26(28)81-87-85-83-60)75-29-20(48)23(51)39(78-32(29)35(55)56)70-13-6-4-12(67-3)5-7-13;;;;/h4-7,14-33,37-41,46-52,59-60H,8-9H2,1-3H3,(H,42,44)(H,43,45)(H,53,54)(H,55,56)(H,57,58)(H,61,62,63)(H,64,65,66);;;;/q;4*+1/p-4/t14?,15?,16?,17?,18?,19-,20?,21?,22?,23?,24?,25-,26-,27+,28+,29-,30-,31+,32+,33+,37-,38-,39+,40+,41+;;;;/m0..../s1. The van der Waals surface area contributed by atoms with E-state index in [1.165, 1.54) is 31.4 Å². The van der Waals surface area contributed by atoms with Crippen LogP contribution >= 0.6 is 24.6 Å². The van der Waals surface area contributed by atoms with E-state index in [0.717, 1.165) is 13.8 Å². The molecule has 5 fully saturated rings. The van der Waals surface area contributed by atoms with Crippen molar-refractivity contribution < 1.29 is 317 Å². The number of hydrogen-bond donors (Lipinski definition) is 12. The van der Waals surface area contributed by atoms with Crippen molar-refractivity contribution in [2.24, 2.45) is 0 Å². The molecule has 12 N–H and O–H groups in total. The van der Waals surface area contributed by atoms with Gasteiger partial charge in [0.15, 0.2) is 68.1 Å². The quantitative estimate of drug-likeness (QED) is 0.00647. The van der Waals surface area contributed by atoms with Crippen molar-refractivity contribution in [2.45, 2.75) is 167 Å². The minimum absolute atomic E-state index is 0. The minimum Gasteiger partial charge on any atom is -0.726 e. The van der Waals surface area contributed by atoms with E-state index in [-0.39, 0.29) is 124 Å². The van der Waals surface area contributed by atoms with Gasteiger partial charge in [0.2, 0.25) is 38.9 Å². The van der Waals surface area contributed by atoms with Crippen molar-refractivity contribution in [1.82, 2.24) is 10.6 Å². The summed E-state index contributed by atoms with van der Waals surface area (Å²) in [6.45, 7) is -1.47. The van der Waals surface area contributed by atoms with Gasteiger partial charge in [-0.05, 0) is 24.3 Å². The van der Waals surface area contributed by atoms with Crippen LogP contribution in [0.2, 0.25) is 0 Å². The molecule has 5 saturated heterocycles. The Labute approximate surface area is 620 Å². The first kappa shape index (κ1) is 88.7. The van der Waals surface area contributed by atoms with E-state index < -0.39 is 242 Å². The average molecular weight is 1470 g/mol. The van der Waals surface area contributed by atoms with Gasteiger partial charge in [0.05, 0.1) is 20.3 Å². The second kappa shape index (κ2) is 40.3. The van der Waals surface area contributed by atoms with Crippen molar-refractivity contribution >= 4 is 75.2 Å². The fourth-order valence-electron chi connectivity index (χ4n) is 9.24. The molecule has 1 aromatic carbocycles. The summed E-state index contributed by atoms with van der Waals surface area (Å²) in [5.74, 6) is -8.15. The normalized spacial score (nSPS) is 36.2. The number of carboxylic acids is 3. The zero-order valence-electron chi connectivity index (χ0n) is 48.8. The Kier molecular flexibility index (Phi) is 38.5. The number of benzene rings is 1. The third-order valence-corrected chi connectivity index (χ3v) is 14.7. The SMILES string of the molecule is COc1ccc(O[C@@H]2O[C@@H](C(=O)O)[C@@H](O[C@@H]3OC(COS(=O)(=O)[O-])[C@H](OSOO[O-])[C@H](O[C@@H]4O[C@@H](C(=O)O)[C@@H](O[C@@H]5OC(COS(=O)(=O)[O-])[C@H](OSOO[O-])[C@H](O[C@@H]6O[C@@H](C(=O)O)[C@@H](O)C(O)C6O)C5NC(C)=O)C(O)C4O)C3NC(C)=O)C(O)C2O)cc1.[Na+].[Na+].[Na+].[Na+]. The molecule has 0 spiro atoms. The van der Waals surface area contributed by atoms with Gasteiger partial charge in [-0.3, -0.25) is 36.4 Å². The van der Waals surface area contributed by atoms with Gasteiger partial charge in [-0.25, -0.2) is 31.2 Å². The first-order valence-electron chi connectivity index (χ1n) is 24.8. The molecular weight excluding hydrogens is 1410 g/mol. The van der Waals surface area contributed by atoms with Gasteiger partial charge in [-0.1, -0.05) is 0 Å². The summed E-state index contributed by atoms with van der Waals surface area (Å²) in [5.41, 5.74) is 0. The van der Waals surface area contributed by atoms with E-state index >= 15 is 0 Å². The van der Waals surface area contributed by atoms with Gasteiger partial charge in [-0.15, -0.1) is 8.67 Å². The summed E-state index contributed by atoms with van der Waals surface area (Å²) in [7, 11) is -10.2. The van der Waals surface area contributed by atoms with Crippen LogP contribution < -0.4 is 149 Å². The molecule has 44 nitrogen and oxygen atoms in total. The maximum absolute atomic E-state index is 13.3. The Bertz CT molecular complexity index is 2770. The van der Waals surface area contributed by atoms with Crippen molar-refractivity contribution in [3.63, 3.8) is 0 Å². The van der Waals surface area contributed by atoms with Crippen LogP contribution in [0.3, 0.4) is 0 Å². The number of carbonyl (C=O) groups excluding carboxylic acids is 2. The molecule has 93 heavy (non-hydrogen) atoms. The maximum atomic E-state index is 13.3. The molecule has 2 amide bonds. The van der Waals surface area contributed by atoms with E-state index in [0.29, 0.717) is 5.75 Å². The summed E-state index contributed by atoms with van der Waals surface area (Å²) in [6.07, 6.45) is -56.1. The molecule has 52 heteroatoms. The number of amides is 2. The Morgan fingerprint density at radius 2 is 0.828 bits per heavy atom. The molecule has 1 aromatic rings. The Morgan fingerprint density at radius 1 is 0.484 bits per heavy atom. The zero-order valence-corrected chi connectivity index (χ0v) is 60.1. The van der Waals surface area contributed by atoms with Gasteiger partial charge in [0.25, 0.3) is 0 Å². The number of aliphatic hydroxyl groups is 7. The van der Waals surface area contributed by atoms with Crippen LogP contribution in [0.5, 0.6) is 11.5 Å². The average Bonchev–Trinajstić information content (AvgIpc) is 0.832. The monoisotopic (exact) mass is 1470 g/mol. The molecule has 508 valence electrons. The zero-order chi connectivity index (χ0) is 66.0. The number of hydrogen-bond acceptors (Lipinski definition) is 41. The van der Waals surface area contributed by atoms with Gasteiger partial charge in [0, 0.05) is 13.8 Å². The van der Waals surface area contributed by atoms with Crippen LogP contribution in [-0.4, -0.2) is 280 Å². The molecule has 0 aliphatic carbocycles. The van der Waals surface area contributed by atoms with E-state index in [1.807, 2.05) is 0 Å². The molecule has 10 unspecified atom stereocenters. The number of carbonyl (C=O) groups is 5. The van der Waals surface area contributed by atoms with Gasteiger partial charge in [0.1, 0.15) is 115 Å². The van der Waals surface area contributed by atoms with E-state index in [9.17, 15) is 111 Å². The van der Waals surface area contributed by atoms with Crippen LogP contribution in [0.15, 0.2) is 24.3 Å². The number of rotatable bonds is 30. The molecule has 5 aliphatic rings. The van der Waals surface area contributed by atoms with Crippen LogP contribution in [0.25, 0.3) is 0 Å². The molecule has 0 bridgehead atoms. The smallest absolute Gasteiger partial charge is 0.726 e.